The van der Waals surface area contributed by atoms with E-state index in [1.807, 2.05) is 12.1 Å². The SMILES string of the molecule is COc1cccc(N2CCNC(c3ccccc3)C2)c1. The zero-order valence-corrected chi connectivity index (χ0v) is 11.8. The fourth-order valence-corrected chi connectivity index (χ4v) is 2.70. The monoisotopic (exact) mass is 268 g/mol. The molecule has 1 N–H and O–H groups in total. The number of piperazine rings is 1. The first-order valence-electron chi connectivity index (χ1n) is 7.04. The van der Waals surface area contributed by atoms with Crippen molar-refractivity contribution >= 4 is 5.69 Å². The molecule has 0 radical (unpaired) electrons. The highest BCUT2D eigenvalue weighted by Gasteiger charge is 2.20. The molecule has 1 aliphatic heterocycles. The lowest BCUT2D eigenvalue weighted by molar-refractivity contribution is 0.414. The van der Waals surface area contributed by atoms with Gasteiger partial charge in [-0.2, -0.15) is 0 Å². The molecule has 0 aliphatic carbocycles. The second kappa shape index (κ2) is 5.97. The highest BCUT2D eigenvalue weighted by Crippen LogP contribution is 2.25. The van der Waals surface area contributed by atoms with E-state index < -0.39 is 0 Å². The van der Waals surface area contributed by atoms with Crippen molar-refractivity contribution in [2.24, 2.45) is 0 Å². The first kappa shape index (κ1) is 13.0. The third-order valence-corrected chi connectivity index (χ3v) is 3.80. The van der Waals surface area contributed by atoms with Crippen molar-refractivity contribution in [3.05, 3.63) is 60.2 Å². The van der Waals surface area contributed by atoms with Crippen LogP contribution >= 0.6 is 0 Å². The number of rotatable bonds is 3. The summed E-state index contributed by atoms with van der Waals surface area (Å²) < 4.78 is 5.31. The third kappa shape index (κ3) is 2.78. The van der Waals surface area contributed by atoms with Crippen LogP contribution in [0.15, 0.2) is 54.6 Å². The molecule has 2 aromatic rings. The summed E-state index contributed by atoms with van der Waals surface area (Å²) in [6.07, 6.45) is 0. The topological polar surface area (TPSA) is 24.5 Å². The van der Waals surface area contributed by atoms with Crippen LogP contribution in [-0.4, -0.2) is 26.7 Å². The number of nitrogens with one attached hydrogen (secondary N) is 1. The Morgan fingerprint density at radius 1 is 1.10 bits per heavy atom. The largest absolute Gasteiger partial charge is 0.497 e. The summed E-state index contributed by atoms with van der Waals surface area (Å²) in [6, 6.07) is 19.3. The van der Waals surface area contributed by atoms with E-state index in [-0.39, 0.29) is 0 Å². The molecule has 0 saturated carbocycles. The van der Waals surface area contributed by atoms with Gasteiger partial charge in [-0.25, -0.2) is 0 Å². The maximum atomic E-state index is 5.31. The molecule has 0 spiro atoms. The number of benzene rings is 2. The molecular formula is C17H20N2O. The van der Waals surface area contributed by atoms with Gasteiger partial charge in [0.1, 0.15) is 5.75 Å². The van der Waals surface area contributed by atoms with E-state index in [1.54, 1.807) is 7.11 Å². The van der Waals surface area contributed by atoms with E-state index in [2.05, 4.69) is 52.7 Å². The minimum absolute atomic E-state index is 0.385. The van der Waals surface area contributed by atoms with Gasteiger partial charge in [0.15, 0.2) is 0 Å². The van der Waals surface area contributed by atoms with Crippen molar-refractivity contribution < 1.29 is 4.74 Å². The van der Waals surface area contributed by atoms with Gasteiger partial charge in [0.05, 0.1) is 7.11 Å². The molecule has 1 saturated heterocycles. The van der Waals surface area contributed by atoms with Crippen LogP contribution in [0, 0.1) is 0 Å². The van der Waals surface area contributed by atoms with Gasteiger partial charge in [0, 0.05) is 37.4 Å². The Kier molecular flexibility index (Phi) is 3.88. The van der Waals surface area contributed by atoms with Crippen molar-refractivity contribution in [2.45, 2.75) is 6.04 Å². The molecular weight excluding hydrogens is 248 g/mol. The summed E-state index contributed by atoms with van der Waals surface area (Å²) in [4.78, 5) is 2.41. The summed E-state index contributed by atoms with van der Waals surface area (Å²) in [6.45, 7) is 3.00. The Morgan fingerprint density at radius 3 is 2.75 bits per heavy atom. The highest BCUT2D eigenvalue weighted by atomic mass is 16.5. The molecule has 3 rings (SSSR count). The van der Waals surface area contributed by atoms with Crippen molar-refractivity contribution in [1.82, 2.24) is 5.32 Å². The van der Waals surface area contributed by atoms with Crippen LogP contribution in [0.25, 0.3) is 0 Å². The Labute approximate surface area is 120 Å². The number of methoxy groups -OCH3 is 1. The van der Waals surface area contributed by atoms with Crippen LogP contribution in [0.2, 0.25) is 0 Å². The van der Waals surface area contributed by atoms with E-state index in [0.29, 0.717) is 6.04 Å². The van der Waals surface area contributed by atoms with Crippen LogP contribution in [0.3, 0.4) is 0 Å². The Balaban J connectivity index is 1.78. The average molecular weight is 268 g/mol. The van der Waals surface area contributed by atoms with E-state index in [1.165, 1.54) is 11.3 Å². The zero-order valence-electron chi connectivity index (χ0n) is 11.8. The summed E-state index contributed by atoms with van der Waals surface area (Å²) in [5.74, 6) is 0.914. The van der Waals surface area contributed by atoms with Crippen molar-refractivity contribution in [3.8, 4) is 5.75 Å². The minimum atomic E-state index is 0.385. The smallest absolute Gasteiger partial charge is 0.120 e. The number of hydrogen-bond acceptors (Lipinski definition) is 3. The number of nitrogens with zero attached hydrogens (tertiary/aromatic N) is 1. The van der Waals surface area contributed by atoms with E-state index in [9.17, 15) is 0 Å². The number of ether oxygens (including phenoxy) is 1. The van der Waals surface area contributed by atoms with Crippen LogP contribution < -0.4 is 15.0 Å². The zero-order chi connectivity index (χ0) is 13.8. The molecule has 3 nitrogen and oxygen atoms in total. The molecule has 3 heteroatoms. The second-order valence-electron chi connectivity index (χ2n) is 5.06. The standard InChI is InChI=1S/C17H20N2O/c1-20-16-9-5-8-15(12-16)19-11-10-18-17(13-19)14-6-3-2-4-7-14/h2-9,12,17-18H,10-11,13H2,1H3. The van der Waals surface area contributed by atoms with Gasteiger partial charge >= 0.3 is 0 Å². The number of anilines is 1. The van der Waals surface area contributed by atoms with Gasteiger partial charge < -0.3 is 15.0 Å². The Morgan fingerprint density at radius 2 is 1.95 bits per heavy atom. The van der Waals surface area contributed by atoms with Crippen molar-refractivity contribution in [3.63, 3.8) is 0 Å². The predicted molar refractivity (Wildman–Crippen MR) is 82.4 cm³/mol. The molecule has 104 valence electrons. The average Bonchev–Trinajstić information content (AvgIpc) is 2.56. The third-order valence-electron chi connectivity index (χ3n) is 3.80. The van der Waals surface area contributed by atoms with Crippen molar-refractivity contribution in [2.75, 3.05) is 31.6 Å². The summed E-state index contributed by atoms with van der Waals surface area (Å²) in [7, 11) is 1.71. The lowest BCUT2D eigenvalue weighted by Gasteiger charge is -2.35. The molecule has 0 bridgehead atoms. The predicted octanol–water partition coefficient (Wildman–Crippen LogP) is 2.85. The van der Waals surface area contributed by atoms with Gasteiger partial charge in [0.2, 0.25) is 0 Å². The fourth-order valence-electron chi connectivity index (χ4n) is 2.70. The molecule has 1 heterocycles. The fraction of sp³-hybridized carbons (Fsp3) is 0.294. The van der Waals surface area contributed by atoms with Gasteiger partial charge in [-0.1, -0.05) is 36.4 Å². The molecule has 20 heavy (non-hydrogen) atoms. The lowest BCUT2D eigenvalue weighted by atomic mass is 10.0. The molecule has 1 aliphatic rings. The summed E-state index contributed by atoms with van der Waals surface area (Å²) in [5.41, 5.74) is 2.58. The maximum absolute atomic E-state index is 5.31. The van der Waals surface area contributed by atoms with E-state index >= 15 is 0 Å². The molecule has 1 unspecified atom stereocenters. The van der Waals surface area contributed by atoms with Crippen LogP contribution in [0.5, 0.6) is 5.75 Å². The van der Waals surface area contributed by atoms with Gasteiger partial charge in [-0.15, -0.1) is 0 Å². The van der Waals surface area contributed by atoms with Crippen LogP contribution in [0.4, 0.5) is 5.69 Å². The highest BCUT2D eigenvalue weighted by molar-refractivity contribution is 5.51. The molecule has 2 aromatic carbocycles. The van der Waals surface area contributed by atoms with Gasteiger partial charge in [-0.05, 0) is 17.7 Å². The normalized spacial score (nSPS) is 18.9. The minimum Gasteiger partial charge on any atom is -0.497 e. The van der Waals surface area contributed by atoms with Gasteiger partial charge in [0.25, 0.3) is 0 Å². The molecule has 1 atom stereocenters. The maximum Gasteiger partial charge on any atom is 0.120 e. The quantitative estimate of drug-likeness (QED) is 0.926. The molecule has 0 amide bonds. The van der Waals surface area contributed by atoms with Crippen LogP contribution in [-0.2, 0) is 0 Å². The van der Waals surface area contributed by atoms with Crippen LogP contribution in [0.1, 0.15) is 11.6 Å². The Bertz CT molecular complexity index is 556. The van der Waals surface area contributed by atoms with E-state index in [4.69, 9.17) is 4.74 Å². The lowest BCUT2D eigenvalue weighted by Crippen LogP contribution is -2.45. The molecule has 0 aromatic heterocycles. The Hall–Kier alpha value is -2.00. The van der Waals surface area contributed by atoms with Crippen molar-refractivity contribution in [1.29, 1.82) is 0 Å². The first-order chi connectivity index (χ1) is 9.86. The molecule has 1 fully saturated rings. The van der Waals surface area contributed by atoms with E-state index in [0.717, 1.165) is 25.4 Å². The first-order valence-corrected chi connectivity index (χ1v) is 7.04. The summed E-state index contributed by atoms with van der Waals surface area (Å²) in [5, 5.41) is 3.59. The number of hydrogen-bond donors (Lipinski definition) is 1. The summed E-state index contributed by atoms with van der Waals surface area (Å²) >= 11 is 0. The van der Waals surface area contributed by atoms with Gasteiger partial charge in [-0.3, -0.25) is 0 Å². The second-order valence-corrected chi connectivity index (χ2v) is 5.06.